The molecule has 3 aliphatic heterocycles. The lowest BCUT2D eigenvalue weighted by atomic mass is 9.79. The SMILES string of the molecule is CCN1CC2(CCN(C(=O)N3c4cc(Cl)ccc4C(=O)Nc4cccnc43)C2)C1. The third-order valence-corrected chi connectivity index (χ3v) is 6.39. The zero-order valence-corrected chi connectivity index (χ0v) is 16.9. The molecule has 0 atom stereocenters. The fourth-order valence-corrected chi connectivity index (χ4v) is 4.84. The minimum absolute atomic E-state index is 0.170. The van der Waals surface area contributed by atoms with E-state index in [0.29, 0.717) is 34.3 Å². The van der Waals surface area contributed by atoms with Crippen LogP contribution in [0.1, 0.15) is 23.7 Å². The first-order valence-electron chi connectivity index (χ1n) is 9.87. The third kappa shape index (κ3) is 2.96. The summed E-state index contributed by atoms with van der Waals surface area (Å²) >= 11 is 6.23. The quantitative estimate of drug-likeness (QED) is 0.778. The molecule has 1 aromatic carbocycles. The van der Waals surface area contributed by atoms with Crippen LogP contribution < -0.4 is 10.2 Å². The summed E-state index contributed by atoms with van der Waals surface area (Å²) in [4.78, 5) is 36.7. The van der Waals surface area contributed by atoms with Gasteiger partial charge in [-0.15, -0.1) is 0 Å². The smallest absolute Gasteiger partial charge is 0.323 e. The molecule has 7 nitrogen and oxygen atoms in total. The lowest BCUT2D eigenvalue weighted by molar-refractivity contribution is 0.0158. The zero-order chi connectivity index (χ0) is 20.2. The summed E-state index contributed by atoms with van der Waals surface area (Å²) in [5, 5.41) is 3.32. The van der Waals surface area contributed by atoms with Gasteiger partial charge in [0.25, 0.3) is 5.91 Å². The molecule has 1 N–H and O–H groups in total. The van der Waals surface area contributed by atoms with Crippen LogP contribution in [0.5, 0.6) is 0 Å². The van der Waals surface area contributed by atoms with E-state index in [1.165, 1.54) is 4.90 Å². The number of hydrogen-bond donors (Lipinski definition) is 1. The molecule has 3 aliphatic rings. The molecule has 4 heterocycles. The number of rotatable bonds is 1. The van der Waals surface area contributed by atoms with E-state index in [0.717, 1.165) is 32.6 Å². The number of carbonyl (C=O) groups is 2. The molecule has 29 heavy (non-hydrogen) atoms. The van der Waals surface area contributed by atoms with Gasteiger partial charge in [0.2, 0.25) is 0 Å². The van der Waals surface area contributed by atoms with Crippen LogP contribution in [-0.2, 0) is 0 Å². The highest BCUT2D eigenvalue weighted by atomic mass is 35.5. The van der Waals surface area contributed by atoms with Crippen LogP contribution in [0.15, 0.2) is 36.5 Å². The maximum atomic E-state index is 13.7. The summed E-state index contributed by atoms with van der Waals surface area (Å²) in [5.41, 5.74) is 1.56. The van der Waals surface area contributed by atoms with Gasteiger partial charge in [0.1, 0.15) is 0 Å². The highest BCUT2D eigenvalue weighted by molar-refractivity contribution is 6.31. The molecule has 0 unspecified atom stereocenters. The molecule has 5 rings (SSSR count). The average Bonchev–Trinajstić information content (AvgIpc) is 3.09. The fourth-order valence-electron chi connectivity index (χ4n) is 4.68. The van der Waals surface area contributed by atoms with Crippen molar-refractivity contribution < 1.29 is 9.59 Å². The minimum Gasteiger partial charge on any atom is -0.323 e. The Balaban J connectivity index is 1.54. The van der Waals surface area contributed by atoms with E-state index in [1.54, 1.807) is 36.5 Å². The fraction of sp³-hybridized carbons (Fsp3) is 0.381. The van der Waals surface area contributed by atoms with Crippen molar-refractivity contribution in [3.05, 3.63) is 47.1 Å². The molecule has 1 spiro atoms. The number of hydrogen-bond acceptors (Lipinski definition) is 4. The summed E-state index contributed by atoms with van der Waals surface area (Å²) in [6, 6.07) is 8.29. The molecule has 2 aromatic rings. The minimum atomic E-state index is -0.281. The molecule has 1 aromatic heterocycles. The van der Waals surface area contributed by atoms with E-state index in [2.05, 4.69) is 22.1 Å². The maximum Gasteiger partial charge on any atom is 0.330 e. The first kappa shape index (κ1) is 18.4. The van der Waals surface area contributed by atoms with Crippen molar-refractivity contribution in [2.24, 2.45) is 5.41 Å². The zero-order valence-electron chi connectivity index (χ0n) is 16.2. The predicted octanol–water partition coefficient (Wildman–Crippen LogP) is 3.59. The molecule has 0 bridgehead atoms. The van der Waals surface area contributed by atoms with Crippen molar-refractivity contribution in [1.82, 2.24) is 14.8 Å². The van der Waals surface area contributed by atoms with Crippen LogP contribution in [0.3, 0.4) is 0 Å². The van der Waals surface area contributed by atoms with Crippen LogP contribution in [-0.4, -0.2) is 59.4 Å². The molecule has 0 aliphatic carbocycles. The van der Waals surface area contributed by atoms with Gasteiger partial charge in [-0.1, -0.05) is 18.5 Å². The van der Waals surface area contributed by atoms with Gasteiger partial charge in [0, 0.05) is 42.8 Å². The number of urea groups is 1. The van der Waals surface area contributed by atoms with E-state index < -0.39 is 0 Å². The standard InChI is InChI=1S/C21H22ClN5O2/c1-2-25-11-21(12-25)7-9-26(13-21)20(29)27-17-10-14(22)5-6-15(17)19(28)24-16-4-3-8-23-18(16)27/h3-6,8,10H,2,7,9,11-13H2,1H3,(H,24,28). The van der Waals surface area contributed by atoms with Crippen LogP contribution in [0.2, 0.25) is 5.02 Å². The molecule has 150 valence electrons. The average molecular weight is 412 g/mol. The van der Waals surface area contributed by atoms with E-state index in [-0.39, 0.29) is 17.4 Å². The molecule has 0 saturated carbocycles. The second-order valence-corrected chi connectivity index (χ2v) is 8.52. The number of nitrogens with one attached hydrogen (secondary N) is 1. The second kappa shape index (κ2) is 6.71. The summed E-state index contributed by atoms with van der Waals surface area (Å²) < 4.78 is 0. The number of amides is 3. The highest BCUT2D eigenvalue weighted by Crippen LogP contribution is 2.42. The lowest BCUT2D eigenvalue weighted by Gasteiger charge is -2.47. The molecule has 0 radical (unpaired) electrons. The summed E-state index contributed by atoms with van der Waals surface area (Å²) in [6.07, 6.45) is 2.62. The number of benzene rings is 1. The van der Waals surface area contributed by atoms with E-state index in [4.69, 9.17) is 11.6 Å². The molecule has 2 fully saturated rings. The van der Waals surface area contributed by atoms with Crippen molar-refractivity contribution in [1.29, 1.82) is 0 Å². The van der Waals surface area contributed by atoms with Crippen molar-refractivity contribution >= 4 is 40.7 Å². The van der Waals surface area contributed by atoms with Gasteiger partial charge in [-0.3, -0.25) is 4.79 Å². The van der Waals surface area contributed by atoms with E-state index in [1.807, 2.05) is 4.90 Å². The molecule has 2 saturated heterocycles. The first-order chi connectivity index (χ1) is 14.0. The van der Waals surface area contributed by atoms with Gasteiger partial charge in [-0.05, 0) is 43.3 Å². The van der Waals surface area contributed by atoms with Crippen molar-refractivity contribution in [3.63, 3.8) is 0 Å². The number of aromatic nitrogens is 1. The van der Waals surface area contributed by atoms with Gasteiger partial charge in [-0.25, -0.2) is 14.7 Å². The van der Waals surface area contributed by atoms with Gasteiger partial charge in [0.05, 0.1) is 16.9 Å². The van der Waals surface area contributed by atoms with E-state index >= 15 is 0 Å². The Labute approximate surface area is 174 Å². The van der Waals surface area contributed by atoms with Gasteiger partial charge in [0.15, 0.2) is 5.82 Å². The molecule has 8 heteroatoms. The third-order valence-electron chi connectivity index (χ3n) is 6.16. The Morgan fingerprint density at radius 2 is 2.10 bits per heavy atom. The Morgan fingerprint density at radius 3 is 2.90 bits per heavy atom. The Kier molecular flexibility index (Phi) is 4.26. The number of halogens is 1. The summed E-state index contributed by atoms with van der Waals surface area (Å²) in [7, 11) is 0. The van der Waals surface area contributed by atoms with Gasteiger partial charge < -0.3 is 15.1 Å². The number of likely N-dealkylation sites (tertiary alicyclic amines) is 2. The van der Waals surface area contributed by atoms with Crippen LogP contribution >= 0.6 is 11.6 Å². The van der Waals surface area contributed by atoms with Crippen LogP contribution in [0, 0.1) is 5.41 Å². The monoisotopic (exact) mass is 411 g/mol. The molecular formula is C21H22ClN5O2. The summed E-state index contributed by atoms with van der Waals surface area (Å²) in [6.45, 7) is 6.69. The van der Waals surface area contributed by atoms with Gasteiger partial charge >= 0.3 is 6.03 Å². The number of fused-ring (bicyclic) bond motifs is 2. The number of anilines is 3. The van der Waals surface area contributed by atoms with Gasteiger partial charge in [-0.2, -0.15) is 0 Å². The Morgan fingerprint density at radius 1 is 1.28 bits per heavy atom. The number of pyridine rings is 1. The Hall–Kier alpha value is -2.64. The Bertz CT molecular complexity index is 1000. The topological polar surface area (TPSA) is 68.8 Å². The normalized spacial score (nSPS) is 20.0. The largest absolute Gasteiger partial charge is 0.330 e. The maximum absolute atomic E-state index is 13.7. The number of nitrogens with zero attached hydrogens (tertiary/aromatic N) is 4. The molecule has 3 amide bonds. The van der Waals surface area contributed by atoms with Crippen molar-refractivity contribution in [3.8, 4) is 0 Å². The van der Waals surface area contributed by atoms with Crippen LogP contribution in [0.25, 0.3) is 0 Å². The lowest BCUT2D eigenvalue weighted by Crippen LogP contribution is -2.57. The number of carbonyl (C=O) groups excluding carboxylic acids is 2. The second-order valence-electron chi connectivity index (χ2n) is 8.08. The predicted molar refractivity (Wildman–Crippen MR) is 112 cm³/mol. The molecular weight excluding hydrogens is 390 g/mol. The van der Waals surface area contributed by atoms with E-state index in [9.17, 15) is 9.59 Å². The summed E-state index contributed by atoms with van der Waals surface area (Å²) in [5.74, 6) is 0.133. The van der Waals surface area contributed by atoms with Crippen molar-refractivity contribution in [2.75, 3.05) is 42.9 Å². The van der Waals surface area contributed by atoms with Crippen molar-refractivity contribution in [2.45, 2.75) is 13.3 Å². The first-order valence-corrected chi connectivity index (χ1v) is 10.2. The van der Waals surface area contributed by atoms with Crippen LogP contribution in [0.4, 0.5) is 22.0 Å². The highest BCUT2D eigenvalue weighted by Gasteiger charge is 2.49.